The molecule has 14 heavy (non-hydrogen) atoms. The first-order valence-corrected chi connectivity index (χ1v) is 3.78. The van der Waals surface area contributed by atoms with Crippen LogP contribution in [0.5, 0.6) is 5.75 Å². The molecular formula is C9H8F2N2O. The molecule has 0 fully saturated rings. The number of hydrogen-bond acceptors (Lipinski definition) is 3. The molecule has 0 heterocycles. The maximum absolute atomic E-state index is 13.2. The van der Waals surface area contributed by atoms with Crippen LogP contribution in [0.15, 0.2) is 12.1 Å². The van der Waals surface area contributed by atoms with E-state index in [0.29, 0.717) is 0 Å². The van der Waals surface area contributed by atoms with E-state index >= 15 is 0 Å². The Kier molecular flexibility index (Phi) is 2.99. The van der Waals surface area contributed by atoms with Crippen LogP contribution in [-0.4, -0.2) is 7.11 Å². The summed E-state index contributed by atoms with van der Waals surface area (Å²) in [7, 11) is 1.29. The summed E-state index contributed by atoms with van der Waals surface area (Å²) in [4.78, 5) is 0. The van der Waals surface area contributed by atoms with Gasteiger partial charge in [-0.2, -0.15) is 5.26 Å². The fourth-order valence-electron chi connectivity index (χ4n) is 1.04. The second-order valence-corrected chi connectivity index (χ2v) is 2.61. The Morgan fingerprint density at radius 2 is 1.93 bits per heavy atom. The van der Waals surface area contributed by atoms with E-state index in [1.165, 1.54) is 7.11 Å². The Bertz CT molecular complexity index is 364. The second kappa shape index (κ2) is 4.03. The molecule has 0 amide bonds. The summed E-state index contributed by atoms with van der Waals surface area (Å²) in [6, 6.07) is 2.22. The molecule has 0 spiro atoms. The Hall–Kier alpha value is -1.67. The van der Waals surface area contributed by atoms with E-state index < -0.39 is 23.2 Å². The van der Waals surface area contributed by atoms with Gasteiger partial charge >= 0.3 is 0 Å². The van der Waals surface area contributed by atoms with Crippen molar-refractivity contribution in [3.8, 4) is 11.8 Å². The number of rotatable bonds is 2. The van der Waals surface area contributed by atoms with Crippen LogP contribution in [0.1, 0.15) is 11.6 Å². The highest BCUT2D eigenvalue weighted by atomic mass is 19.1. The maximum Gasteiger partial charge on any atom is 0.135 e. The van der Waals surface area contributed by atoms with Gasteiger partial charge in [0, 0.05) is 12.1 Å². The molecule has 0 saturated carbocycles. The van der Waals surface area contributed by atoms with Crippen molar-refractivity contribution in [1.29, 1.82) is 5.26 Å². The molecule has 0 aliphatic heterocycles. The number of benzene rings is 1. The van der Waals surface area contributed by atoms with E-state index in [1.807, 2.05) is 0 Å². The molecule has 0 aliphatic carbocycles. The molecule has 5 heteroatoms. The summed E-state index contributed by atoms with van der Waals surface area (Å²) in [6.07, 6.45) is 0. The minimum atomic E-state index is -1.30. The number of nitrogens with two attached hydrogens (primary N) is 1. The summed E-state index contributed by atoms with van der Waals surface area (Å²) < 4.78 is 31.0. The van der Waals surface area contributed by atoms with Gasteiger partial charge in [0.2, 0.25) is 0 Å². The molecule has 2 N–H and O–H groups in total. The molecule has 1 unspecified atom stereocenters. The molecule has 1 rings (SSSR count). The molecule has 0 aromatic heterocycles. The van der Waals surface area contributed by atoms with Crippen LogP contribution >= 0.6 is 0 Å². The van der Waals surface area contributed by atoms with Gasteiger partial charge in [0.15, 0.2) is 0 Å². The van der Waals surface area contributed by atoms with Crippen molar-refractivity contribution >= 4 is 0 Å². The normalized spacial score (nSPS) is 11.9. The first-order valence-electron chi connectivity index (χ1n) is 3.78. The zero-order valence-corrected chi connectivity index (χ0v) is 7.42. The average molecular weight is 198 g/mol. The molecule has 74 valence electrons. The first kappa shape index (κ1) is 10.4. The van der Waals surface area contributed by atoms with Gasteiger partial charge in [-0.15, -0.1) is 0 Å². The number of methoxy groups -OCH3 is 1. The van der Waals surface area contributed by atoms with Crippen LogP contribution in [0.2, 0.25) is 0 Å². The number of ether oxygens (including phenoxy) is 1. The van der Waals surface area contributed by atoms with Crippen LogP contribution in [0.3, 0.4) is 0 Å². The van der Waals surface area contributed by atoms with Crippen LogP contribution < -0.4 is 10.5 Å². The van der Waals surface area contributed by atoms with Gasteiger partial charge in [0.25, 0.3) is 0 Å². The minimum Gasteiger partial charge on any atom is -0.497 e. The number of halogens is 2. The van der Waals surface area contributed by atoms with E-state index in [4.69, 9.17) is 11.0 Å². The van der Waals surface area contributed by atoms with E-state index in [2.05, 4.69) is 4.74 Å². The minimum absolute atomic E-state index is 0.0499. The van der Waals surface area contributed by atoms with Crippen molar-refractivity contribution in [2.75, 3.05) is 7.11 Å². The maximum atomic E-state index is 13.2. The van der Waals surface area contributed by atoms with Gasteiger partial charge in [-0.25, -0.2) is 8.78 Å². The Labute approximate surface area is 79.7 Å². The third-order valence-electron chi connectivity index (χ3n) is 1.74. The number of hydrogen-bond donors (Lipinski definition) is 1. The van der Waals surface area contributed by atoms with Crippen molar-refractivity contribution < 1.29 is 13.5 Å². The van der Waals surface area contributed by atoms with Crippen molar-refractivity contribution in [1.82, 2.24) is 0 Å². The summed E-state index contributed by atoms with van der Waals surface area (Å²) in [5.41, 5.74) is 4.77. The lowest BCUT2D eigenvalue weighted by Gasteiger charge is -2.08. The summed E-state index contributed by atoms with van der Waals surface area (Å²) >= 11 is 0. The molecule has 0 aliphatic rings. The molecule has 3 nitrogen and oxygen atoms in total. The molecule has 1 aromatic carbocycles. The third kappa shape index (κ3) is 1.80. The van der Waals surface area contributed by atoms with E-state index in [-0.39, 0.29) is 5.75 Å². The Balaban J connectivity index is 3.26. The van der Waals surface area contributed by atoms with Crippen LogP contribution in [-0.2, 0) is 0 Å². The van der Waals surface area contributed by atoms with Gasteiger partial charge in [0.1, 0.15) is 23.4 Å². The average Bonchev–Trinajstić information content (AvgIpc) is 2.16. The molecule has 0 radical (unpaired) electrons. The van der Waals surface area contributed by atoms with Crippen LogP contribution in [0, 0.1) is 23.0 Å². The molecular weight excluding hydrogens is 190 g/mol. The monoisotopic (exact) mass is 198 g/mol. The third-order valence-corrected chi connectivity index (χ3v) is 1.74. The largest absolute Gasteiger partial charge is 0.497 e. The highest BCUT2D eigenvalue weighted by Gasteiger charge is 2.17. The van der Waals surface area contributed by atoms with E-state index in [0.717, 1.165) is 12.1 Å². The standard InChI is InChI=1S/C9H8F2N2O/c1-14-5-2-6(10)9(7(11)3-5)8(13)4-12/h2-3,8H,13H2,1H3. The lowest BCUT2D eigenvalue weighted by Crippen LogP contribution is -2.12. The Morgan fingerprint density at radius 1 is 1.43 bits per heavy atom. The highest BCUT2D eigenvalue weighted by Crippen LogP contribution is 2.24. The van der Waals surface area contributed by atoms with Crippen LogP contribution in [0.25, 0.3) is 0 Å². The van der Waals surface area contributed by atoms with Crippen molar-refractivity contribution in [3.63, 3.8) is 0 Å². The first-order chi connectivity index (χ1) is 6.60. The topological polar surface area (TPSA) is 59.0 Å². The lowest BCUT2D eigenvalue weighted by atomic mass is 10.1. The van der Waals surface area contributed by atoms with Gasteiger partial charge in [-0.05, 0) is 0 Å². The molecule has 1 aromatic rings. The van der Waals surface area contributed by atoms with Crippen molar-refractivity contribution in [2.45, 2.75) is 6.04 Å². The predicted octanol–water partition coefficient (Wildman–Crippen LogP) is 1.50. The Morgan fingerprint density at radius 3 is 2.29 bits per heavy atom. The van der Waals surface area contributed by atoms with E-state index in [1.54, 1.807) is 6.07 Å². The second-order valence-electron chi connectivity index (χ2n) is 2.61. The smallest absolute Gasteiger partial charge is 0.135 e. The van der Waals surface area contributed by atoms with Gasteiger partial charge in [-0.3, -0.25) is 0 Å². The van der Waals surface area contributed by atoms with Gasteiger partial charge in [-0.1, -0.05) is 0 Å². The van der Waals surface area contributed by atoms with Gasteiger partial charge < -0.3 is 10.5 Å². The summed E-state index contributed by atoms with van der Waals surface area (Å²) in [5, 5.41) is 8.42. The SMILES string of the molecule is COc1cc(F)c(C(N)C#N)c(F)c1. The van der Waals surface area contributed by atoms with Crippen molar-refractivity contribution in [3.05, 3.63) is 29.3 Å². The molecule has 0 saturated heterocycles. The quantitative estimate of drug-likeness (QED) is 0.783. The number of nitrogens with zero attached hydrogens (tertiary/aromatic N) is 1. The number of nitriles is 1. The predicted molar refractivity (Wildman–Crippen MR) is 45.5 cm³/mol. The van der Waals surface area contributed by atoms with Gasteiger partial charge in [0.05, 0.1) is 18.7 Å². The molecule has 0 bridgehead atoms. The molecule has 1 atom stereocenters. The van der Waals surface area contributed by atoms with Crippen molar-refractivity contribution in [2.24, 2.45) is 5.73 Å². The van der Waals surface area contributed by atoms with Crippen LogP contribution in [0.4, 0.5) is 8.78 Å². The summed E-state index contributed by atoms with van der Waals surface area (Å²) in [6.45, 7) is 0. The fourth-order valence-corrected chi connectivity index (χ4v) is 1.04. The summed E-state index contributed by atoms with van der Waals surface area (Å²) in [5.74, 6) is -1.71. The zero-order chi connectivity index (χ0) is 10.7. The fraction of sp³-hybridized carbons (Fsp3) is 0.222. The highest BCUT2D eigenvalue weighted by molar-refractivity contribution is 5.34. The zero-order valence-electron chi connectivity index (χ0n) is 7.42. The van der Waals surface area contributed by atoms with E-state index in [9.17, 15) is 8.78 Å². The lowest BCUT2D eigenvalue weighted by molar-refractivity contribution is 0.404.